The van der Waals surface area contributed by atoms with Crippen molar-refractivity contribution >= 4 is 0 Å². The van der Waals surface area contributed by atoms with E-state index < -0.39 is 0 Å². The van der Waals surface area contributed by atoms with E-state index in [9.17, 15) is 0 Å². The monoisotopic (exact) mass is 247 g/mol. The summed E-state index contributed by atoms with van der Waals surface area (Å²) in [5, 5.41) is 3.63. The average molecular weight is 247 g/mol. The van der Waals surface area contributed by atoms with Crippen LogP contribution in [0.4, 0.5) is 0 Å². The van der Waals surface area contributed by atoms with Crippen LogP contribution in [0.1, 0.15) is 45.6 Å². The van der Waals surface area contributed by atoms with Crippen molar-refractivity contribution in [1.82, 2.24) is 5.32 Å². The smallest absolute Gasteiger partial charge is 0.119 e. The minimum absolute atomic E-state index is 0.246. The first-order valence-corrected chi connectivity index (χ1v) is 7.18. The Hall–Kier alpha value is -1.02. The summed E-state index contributed by atoms with van der Waals surface area (Å²) in [4.78, 5) is 0. The molecule has 100 valence electrons. The van der Waals surface area contributed by atoms with E-state index in [0.29, 0.717) is 0 Å². The first kappa shape index (κ1) is 13.4. The quantitative estimate of drug-likeness (QED) is 0.792. The predicted octanol–water partition coefficient (Wildman–Crippen LogP) is 3.75. The van der Waals surface area contributed by atoms with Gasteiger partial charge in [-0.1, -0.05) is 25.5 Å². The van der Waals surface area contributed by atoms with Crippen LogP contribution in [-0.4, -0.2) is 12.1 Å². The van der Waals surface area contributed by atoms with Crippen molar-refractivity contribution in [2.45, 2.75) is 58.7 Å². The summed E-state index contributed by atoms with van der Waals surface area (Å²) in [5.41, 5.74) is 1.34. The maximum Gasteiger partial charge on any atom is 0.119 e. The maximum absolute atomic E-state index is 5.64. The lowest BCUT2D eigenvalue weighted by Gasteiger charge is -2.10. The highest BCUT2D eigenvalue weighted by Crippen LogP contribution is 2.34. The lowest BCUT2D eigenvalue weighted by molar-refractivity contribution is 0.242. The summed E-state index contributed by atoms with van der Waals surface area (Å²) < 4.78 is 5.64. The van der Waals surface area contributed by atoms with Gasteiger partial charge in [0.25, 0.3) is 0 Å². The number of hydrogen-bond acceptors (Lipinski definition) is 2. The molecule has 2 atom stereocenters. The molecule has 2 rings (SSSR count). The van der Waals surface area contributed by atoms with Gasteiger partial charge >= 0.3 is 0 Å². The average Bonchev–Trinajstić information content (AvgIpc) is 3.07. The topological polar surface area (TPSA) is 21.3 Å². The second-order valence-electron chi connectivity index (χ2n) is 5.58. The molecule has 0 saturated heterocycles. The van der Waals surface area contributed by atoms with Crippen LogP contribution in [0, 0.1) is 5.92 Å². The van der Waals surface area contributed by atoms with Crippen molar-refractivity contribution < 1.29 is 4.74 Å². The van der Waals surface area contributed by atoms with Gasteiger partial charge in [-0.3, -0.25) is 0 Å². The predicted molar refractivity (Wildman–Crippen MR) is 75.8 cm³/mol. The van der Waals surface area contributed by atoms with E-state index in [4.69, 9.17) is 4.74 Å². The molecule has 2 unspecified atom stereocenters. The molecule has 1 aromatic rings. The van der Waals surface area contributed by atoms with E-state index in [-0.39, 0.29) is 6.10 Å². The Labute approximate surface area is 111 Å². The van der Waals surface area contributed by atoms with Gasteiger partial charge in [-0.15, -0.1) is 0 Å². The third-order valence-corrected chi connectivity index (χ3v) is 3.45. The summed E-state index contributed by atoms with van der Waals surface area (Å²) in [7, 11) is 0. The van der Waals surface area contributed by atoms with E-state index in [1.807, 2.05) is 0 Å². The van der Waals surface area contributed by atoms with Crippen molar-refractivity contribution in [2.24, 2.45) is 5.92 Å². The zero-order valence-corrected chi connectivity index (χ0v) is 11.8. The first-order chi connectivity index (χ1) is 8.69. The number of rotatable bonds is 7. The first-order valence-electron chi connectivity index (χ1n) is 7.18. The molecule has 0 heterocycles. The van der Waals surface area contributed by atoms with Crippen LogP contribution < -0.4 is 10.1 Å². The molecular formula is C16H25NO. The Morgan fingerprint density at radius 3 is 2.61 bits per heavy atom. The molecule has 0 aromatic heterocycles. The Bertz CT molecular complexity index is 358. The van der Waals surface area contributed by atoms with Gasteiger partial charge in [-0.2, -0.15) is 0 Å². The van der Waals surface area contributed by atoms with Gasteiger partial charge in [-0.25, -0.2) is 0 Å². The normalized spacial score (nSPS) is 22.2. The van der Waals surface area contributed by atoms with Crippen LogP contribution in [0.15, 0.2) is 24.3 Å². The van der Waals surface area contributed by atoms with Gasteiger partial charge in [0.2, 0.25) is 0 Å². The zero-order chi connectivity index (χ0) is 13.0. The molecule has 1 aliphatic rings. The molecule has 0 aliphatic heterocycles. The van der Waals surface area contributed by atoms with Crippen molar-refractivity contribution in [1.29, 1.82) is 0 Å². The third-order valence-electron chi connectivity index (χ3n) is 3.45. The van der Waals surface area contributed by atoms with Crippen LogP contribution in [-0.2, 0) is 6.54 Å². The van der Waals surface area contributed by atoms with Gasteiger partial charge < -0.3 is 10.1 Å². The summed E-state index contributed by atoms with van der Waals surface area (Å²) in [6.45, 7) is 7.35. The number of nitrogens with one attached hydrogen (secondary N) is 1. The van der Waals surface area contributed by atoms with Gasteiger partial charge in [0.05, 0.1) is 6.10 Å². The largest absolute Gasteiger partial charge is 0.491 e. The molecule has 1 aliphatic carbocycles. The molecule has 0 amide bonds. The molecule has 0 bridgehead atoms. The second kappa shape index (κ2) is 6.24. The van der Waals surface area contributed by atoms with E-state index in [1.165, 1.54) is 24.8 Å². The fourth-order valence-corrected chi connectivity index (χ4v) is 2.39. The molecule has 0 spiro atoms. The van der Waals surface area contributed by atoms with Gasteiger partial charge in [0.15, 0.2) is 0 Å². The molecule has 2 nitrogen and oxygen atoms in total. The minimum Gasteiger partial charge on any atom is -0.491 e. The van der Waals surface area contributed by atoms with E-state index in [1.54, 1.807) is 0 Å². The molecule has 2 heteroatoms. The highest BCUT2D eigenvalue weighted by molar-refractivity contribution is 5.27. The fourth-order valence-electron chi connectivity index (χ4n) is 2.39. The van der Waals surface area contributed by atoms with E-state index in [2.05, 4.69) is 50.4 Å². The third kappa shape index (κ3) is 4.02. The van der Waals surface area contributed by atoms with Crippen LogP contribution in [0.2, 0.25) is 0 Å². The van der Waals surface area contributed by atoms with Crippen molar-refractivity contribution in [3.8, 4) is 5.75 Å². The highest BCUT2D eigenvalue weighted by atomic mass is 16.5. The number of benzene rings is 1. The molecule has 1 saturated carbocycles. The standard InChI is InChI=1S/C16H25NO/c1-4-5-14-10-16(14)17-11-13-6-8-15(9-7-13)18-12(2)3/h6-9,12,14,16-17H,4-5,10-11H2,1-3H3. The Morgan fingerprint density at radius 2 is 2.00 bits per heavy atom. The maximum atomic E-state index is 5.64. The molecule has 18 heavy (non-hydrogen) atoms. The van der Waals surface area contributed by atoms with E-state index in [0.717, 1.165) is 24.3 Å². The minimum atomic E-state index is 0.246. The summed E-state index contributed by atoms with van der Waals surface area (Å²) in [6, 6.07) is 9.20. The van der Waals surface area contributed by atoms with E-state index >= 15 is 0 Å². The van der Waals surface area contributed by atoms with Crippen molar-refractivity contribution in [3.63, 3.8) is 0 Å². The lowest BCUT2D eigenvalue weighted by atomic mass is 10.2. The molecule has 1 fully saturated rings. The van der Waals surface area contributed by atoms with Crippen molar-refractivity contribution in [2.75, 3.05) is 0 Å². The Kier molecular flexibility index (Phi) is 4.65. The Morgan fingerprint density at radius 1 is 1.28 bits per heavy atom. The number of ether oxygens (including phenoxy) is 1. The van der Waals surface area contributed by atoms with Crippen LogP contribution in [0.3, 0.4) is 0 Å². The van der Waals surface area contributed by atoms with Crippen LogP contribution in [0.5, 0.6) is 5.75 Å². The molecule has 0 radical (unpaired) electrons. The van der Waals surface area contributed by atoms with Crippen molar-refractivity contribution in [3.05, 3.63) is 29.8 Å². The molecule has 1 N–H and O–H groups in total. The SMILES string of the molecule is CCCC1CC1NCc1ccc(OC(C)C)cc1. The molecule has 1 aromatic carbocycles. The van der Waals surface area contributed by atoms with Gasteiger partial charge in [0.1, 0.15) is 5.75 Å². The van der Waals surface area contributed by atoms with Crippen LogP contribution in [0.25, 0.3) is 0 Å². The molecular weight excluding hydrogens is 222 g/mol. The van der Waals surface area contributed by atoms with Crippen LogP contribution >= 0.6 is 0 Å². The zero-order valence-electron chi connectivity index (χ0n) is 11.8. The second-order valence-corrected chi connectivity index (χ2v) is 5.58. The summed E-state index contributed by atoms with van der Waals surface area (Å²) >= 11 is 0. The highest BCUT2D eigenvalue weighted by Gasteiger charge is 2.35. The summed E-state index contributed by atoms with van der Waals surface area (Å²) in [5.74, 6) is 1.89. The Balaban J connectivity index is 1.73. The van der Waals surface area contributed by atoms with Gasteiger partial charge in [0, 0.05) is 12.6 Å². The van der Waals surface area contributed by atoms with Gasteiger partial charge in [-0.05, 0) is 50.3 Å². The summed E-state index contributed by atoms with van der Waals surface area (Å²) in [6.07, 6.45) is 4.29. The fraction of sp³-hybridized carbons (Fsp3) is 0.625. The lowest BCUT2D eigenvalue weighted by Crippen LogP contribution is -2.17. The number of hydrogen-bond donors (Lipinski definition) is 1.